The predicted molar refractivity (Wildman–Crippen MR) is 162 cm³/mol. The van der Waals surface area contributed by atoms with Gasteiger partial charge < -0.3 is 15.3 Å². The quantitative estimate of drug-likeness (QED) is 0.340. The van der Waals surface area contributed by atoms with Crippen LogP contribution in [0, 0.1) is 23.5 Å². The van der Waals surface area contributed by atoms with Crippen molar-refractivity contribution in [2.75, 3.05) is 13.6 Å². The number of amides is 2. The van der Waals surface area contributed by atoms with Crippen LogP contribution in [0.25, 0.3) is 0 Å². The number of carbonyl (C=O) groups is 3. The molecule has 1 spiro atoms. The summed E-state index contributed by atoms with van der Waals surface area (Å²) in [6, 6.07) is 11.4. The van der Waals surface area contributed by atoms with E-state index in [-0.39, 0.29) is 24.0 Å². The number of carboxylic acid groups (broad SMARTS) is 1. The summed E-state index contributed by atoms with van der Waals surface area (Å²) in [5.41, 5.74) is 2.16. The molecule has 9 heteroatoms. The number of hydrogen-bond donors (Lipinski definition) is 2. The molecule has 1 saturated carbocycles. The first-order valence-corrected chi connectivity index (χ1v) is 14.8. The van der Waals surface area contributed by atoms with Crippen molar-refractivity contribution < 1.29 is 28.3 Å². The molecule has 1 fully saturated rings. The molecule has 2 aromatic carbocycles. The molecule has 2 aliphatic rings. The Balaban J connectivity index is 0.000000284. The predicted octanol–water partition coefficient (Wildman–Crippen LogP) is 6.64. The second-order valence-corrected chi connectivity index (χ2v) is 11.2. The van der Waals surface area contributed by atoms with Gasteiger partial charge in [-0.05, 0) is 92.7 Å². The van der Waals surface area contributed by atoms with Crippen LogP contribution in [0.2, 0.25) is 0 Å². The number of nitrogens with zero attached hydrogens (tertiary/aromatic N) is 2. The highest BCUT2D eigenvalue weighted by atomic mass is 19.2. The Morgan fingerprint density at radius 2 is 1.71 bits per heavy atom. The zero-order valence-corrected chi connectivity index (χ0v) is 25.5. The van der Waals surface area contributed by atoms with Gasteiger partial charge in [0, 0.05) is 24.7 Å². The largest absolute Gasteiger partial charge is 0.483 e. The van der Waals surface area contributed by atoms with Gasteiger partial charge in [0.15, 0.2) is 11.6 Å². The second kappa shape index (κ2) is 16.7. The van der Waals surface area contributed by atoms with Gasteiger partial charge in [0.05, 0.1) is 0 Å². The van der Waals surface area contributed by atoms with E-state index in [4.69, 9.17) is 9.90 Å². The molecule has 0 atom stereocenters. The van der Waals surface area contributed by atoms with Crippen LogP contribution in [0.4, 0.5) is 8.78 Å². The first kappa shape index (κ1) is 34.6. The minimum absolute atomic E-state index is 0.0314. The molecule has 0 saturated heterocycles. The van der Waals surface area contributed by atoms with E-state index in [0.717, 1.165) is 62.8 Å². The standard InChI is InChI=1S/C18H22F2N2O.C14H21NO.CH2O2/c1-11(2)12-6-8-18(9-7-12)21-16(17(23)22(18)3)13-4-5-14(19)15(20)10-13;1-3-5-6-12-7-9-13(10-8-12)14(16)15-11-4-2;2-1-3/h4-5,10-12H,6-9H2,1-3H3;7-10H,3-6,11H2,1-2H3,(H,15,16);1H,(H,2,3). The zero-order valence-electron chi connectivity index (χ0n) is 25.5. The Kier molecular flexibility index (Phi) is 13.8. The summed E-state index contributed by atoms with van der Waals surface area (Å²) in [5, 5.41) is 9.76. The van der Waals surface area contributed by atoms with Gasteiger partial charge in [0.25, 0.3) is 18.3 Å². The van der Waals surface area contributed by atoms with E-state index in [0.29, 0.717) is 17.4 Å². The van der Waals surface area contributed by atoms with E-state index < -0.39 is 17.3 Å². The normalized spacial score (nSPS) is 19.4. The number of carbonyl (C=O) groups excluding carboxylic acids is 2. The molecule has 0 aromatic heterocycles. The van der Waals surface area contributed by atoms with Crippen molar-refractivity contribution in [2.45, 2.75) is 84.7 Å². The smallest absolute Gasteiger partial charge is 0.290 e. The number of aryl methyl sites for hydroxylation is 1. The third-order valence-electron chi connectivity index (χ3n) is 7.99. The summed E-state index contributed by atoms with van der Waals surface area (Å²) in [6.07, 6.45) is 8.21. The lowest BCUT2D eigenvalue weighted by molar-refractivity contribution is -0.127. The minimum Gasteiger partial charge on any atom is -0.483 e. The zero-order chi connectivity index (χ0) is 31.3. The molecule has 230 valence electrons. The number of benzene rings is 2. The van der Waals surface area contributed by atoms with Crippen LogP contribution >= 0.6 is 0 Å². The van der Waals surface area contributed by atoms with Crippen molar-refractivity contribution in [2.24, 2.45) is 16.8 Å². The Labute approximate surface area is 248 Å². The molecule has 0 unspecified atom stereocenters. The first-order chi connectivity index (χ1) is 20.0. The van der Waals surface area contributed by atoms with E-state index in [1.54, 1.807) is 11.9 Å². The summed E-state index contributed by atoms with van der Waals surface area (Å²) in [4.78, 5) is 38.9. The number of aliphatic imine (C=N–C) groups is 1. The summed E-state index contributed by atoms with van der Waals surface area (Å²) >= 11 is 0. The van der Waals surface area contributed by atoms with Crippen molar-refractivity contribution in [1.29, 1.82) is 0 Å². The summed E-state index contributed by atoms with van der Waals surface area (Å²) in [6.45, 7) is 9.18. The molecule has 0 bridgehead atoms. The summed E-state index contributed by atoms with van der Waals surface area (Å²) < 4.78 is 26.6. The van der Waals surface area contributed by atoms with Gasteiger partial charge in [-0.25, -0.2) is 8.78 Å². The van der Waals surface area contributed by atoms with Crippen LogP contribution in [0.3, 0.4) is 0 Å². The van der Waals surface area contributed by atoms with Crippen molar-refractivity contribution >= 4 is 24.0 Å². The van der Waals surface area contributed by atoms with Crippen molar-refractivity contribution in [3.8, 4) is 0 Å². The maximum Gasteiger partial charge on any atom is 0.290 e. The van der Waals surface area contributed by atoms with Crippen LogP contribution in [0.5, 0.6) is 0 Å². The second-order valence-electron chi connectivity index (χ2n) is 11.2. The van der Waals surface area contributed by atoms with Gasteiger partial charge in [-0.3, -0.25) is 19.4 Å². The fraction of sp³-hybridized carbons (Fsp3) is 0.515. The Morgan fingerprint density at radius 3 is 2.24 bits per heavy atom. The third-order valence-corrected chi connectivity index (χ3v) is 7.99. The molecule has 2 amide bonds. The highest BCUT2D eigenvalue weighted by molar-refractivity contribution is 6.46. The number of likely N-dealkylation sites (N-methyl/N-ethyl adjacent to an activating group) is 1. The molecule has 1 aliphatic carbocycles. The minimum atomic E-state index is -0.954. The molecular formula is C33H45F2N3O4. The molecule has 1 heterocycles. The molecule has 2 N–H and O–H groups in total. The summed E-state index contributed by atoms with van der Waals surface area (Å²) in [7, 11) is 1.76. The summed E-state index contributed by atoms with van der Waals surface area (Å²) in [5.74, 6) is -0.760. The van der Waals surface area contributed by atoms with Gasteiger partial charge in [-0.2, -0.15) is 0 Å². The topological polar surface area (TPSA) is 99.1 Å². The van der Waals surface area contributed by atoms with Gasteiger partial charge >= 0.3 is 0 Å². The SMILES string of the molecule is CC(C)C1CCC2(CC1)N=C(c1ccc(F)c(F)c1)C(=O)N2C.CCCCc1ccc(C(=O)NCCC)cc1.O=CO. The highest BCUT2D eigenvalue weighted by Crippen LogP contribution is 2.42. The number of hydrogen-bond acceptors (Lipinski definition) is 4. The van der Waals surface area contributed by atoms with Gasteiger partial charge in [0.2, 0.25) is 0 Å². The lowest BCUT2D eigenvalue weighted by Gasteiger charge is -2.40. The molecule has 0 radical (unpaired) electrons. The van der Waals surface area contributed by atoms with Crippen LogP contribution in [-0.4, -0.2) is 53.3 Å². The van der Waals surface area contributed by atoms with E-state index in [9.17, 15) is 18.4 Å². The van der Waals surface area contributed by atoms with Crippen LogP contribution in [-0.2, 0) is 16.0 Å². The van der Waals surface area contributed by atoms with Crippen LogP contribution < -0.4 is 5.32 Å². The lowest BCUT2D eigenvalue weighted by atomic mass is 9.76. The Morgan fingerprint density at radius 1 is 1.10 bits per heavy atom. The lowest BCUT2D eigenvalue weighted by Crippen LogP contribution is -2.47. The van der Waals surface area contributed by atoms with Crippen molar-refractivity contribution in [1.82, 2.24) is 10.2 Å². The van der Waals surface area contributed by atoms with Gasteiger partial charge in [-0.15, -0.1) is 0 Å². The molecule has 7 nitrogen and oxygen atoms in total. The molecule has 1 aliphatic heterocycles. The van der Waals surface area contributed by atoms with Crippen molar-refractivity contribution in [3.05, 3.63) is 70.8 Å². The van der Waals surface area contributed by atoms with Crippen LogP contribution in [0.15, 0.2) is 47.5 Å². The first-order valence-electron chi connectivity index (χ1n) is 14.8. The van der Waals surface area contributed by atoms with Gasteiger partial charge in [0.1, 0.15) is 11.4 Å². The number of nitrogens with one attached hydrogen (secondary N) is 1. The average molecular weight is 586 g/mol. The highest BCUT2D eigenvalue weighted by Gasteiger charge is 2.47. The van der Waals surface area contributed by atoms with E-state index in [1.807, 2.05) is 19.1 Å². The third kappa shape index (κ3) is 9.19. The number of rotatable bonds is 8. The maximum absolute atomic E-state index is 13.5. The number of unbranched alkanes of at least 4 members (excludes halogenated alkanes) is 1. The average Bonchev–Trinajstić information content (AvgIpc) is 3.22. The Hall–Kier alpha value is -3.62. The number of halogens is 2. The van der Waals surface area contributed by atoms with E-state index >= 15 is 0 Å². The van der Waals surface area contributed by atoms with Gasteiger partial charge in [-0.1, -0.05) is 46.2 Å². The fourth-order valence-electron chi connectivity index (χ4n) is 5.27. The fourth-order valence-corrected chi connectivity index (χ4v) is 5.27. The van der Waals surface area contributed by atoms with E-state index in [1.165, 1.54) is 24.5 Å². The van der Waals surface area contributed by atoms with Crippen molar-refractivity contribution in [3.63, 3.8) is 0 Å². The molecule has 2 aromatic rings. The van der Waals surface area contributed by atoms with Crippen LogP contribution in [0.1, 0.15) is 94.1 Å². The molecule has 4 rings (SSSR count). The maximum atomic E-state index is 13.5. The van der Waals surface area contributed by atoms with E-state index in [2.05, 4.69) is 43.2 Å². The monoisotopic (exact) mass is 585 g/mol. The molecular weight excluding hydrogens is 540 g/mol. The Bertz CT molecular complexity index is 1210. The molecule has 42 heavy (non-hydrogen) atoms.